The number of ether oxygens (including phenoxy) is 3. The molecule has 2 aromatic rings. The molecule has 11 heteroatoms. The first-order chi connectivity index (χ1) is 19.2. The standard InChI is InChI=1S/C29H35FN4O6/c1-6-40-28(36)25-22(32(3)29(37)31-26(25)19-10-11-23(38-4)24(15-19)39-5)17-33-12-13-34(18(2)16-33)27(35)20-8-7-9-21(30)14-20/h7-11,14-15,18,26H,6,12-13,16-17H2,1-5H3,(H,31,37)/t18-,26-/m0/s1. The quantitative estimate of drug-likeness (QED) is 0.500. The fourth-order valence-electron chi connectivity index (χ4n) is 5.16. The van der Waals surface area contributed by atoms with E-state index in [4.69, 9.17) is 14.2 Å². The summed E-state index contributed by atoms with van der Waals surface area (Å²) in [6, 6.07) is 9.56. The predicted octanol–water partition coefficient (Wildman–Crippen LogP) is 3.20. The maximum Gasteiger partial charge on any atom is 0.338 e. The summed E-state index contributed by atoms with van der Waals surface area (Å²) in [7, 11) is 4.66. The fraction of sp³-hybridized carbons (Fsp3) is 0.414. The van der Waals surface area contributed by atoms with Crippen LogP contribution in [0.15, 0.2) is 53.7 Å². The molecule has 10 nitrogen and oxygen atoms in total. The van der Waals surface area contributed by atoms with E-state index in [1.807, 2.05) is 6.92 Å². The number of nitrogens with zero attached hydrogens (tertiary/aromatic N) is 3. The molecule has 2 atom stereocenters. The van der Waals surface area contributed by atoms with Crippen molar-refractivity contribution in [3.8, 4) is 11.5 Å². The van der Waals surface area contributed by atoms with Crippen LogP contribution in [0.4, 0.5) is 9.18 Å². The van der Waals surface area contributed by atoms with Crippen LogP contribution in [0.1, 0.15) is 35.8 Å². The van der Waals surface area contributed by atoms with Gasteiger partial charge in [0.25, 0.3) is 5.91 Å². The lowest BCUT2D eigenvalue weighted by molar-refractivity contribution is -0.139. The normalized spacial score (nSPS) is 19.8. The van der Waals surface area contributed by atoms with Gasteiger partial charge in [-0.3, -0.25) is 14.6 Å². The lowest BCUT2D eigenvalue weighted by Crippen LogP contribution is -2.56. The van der Waals surface area contributed by atoms with Gasteiger partial charge < -0.3 is 24.4 Å². The molecule has 2 heterocycles. The Labute approximate surface area is 233 Å². The second kappa shape index (κ2) is 12.4. The summed E-state index contributed by atoms with van der Waals surface area (Å²) in [5.41, 5.74) is 1.77. The Morgan fingerprint density at radius 1 is 1.07 bits per heavy atom. The average molecular weight is 555 g/mol. The number of likely N-dealkylation sites (N-methyl/N-ethyl adjacent to an activating group) is 1. The number of amides is 3. The maximum atomic E-state index is 13.7. The fourth-order valence-corrected chi connectivity index (χ4v) is 5.16. The van der Waals surface area contributed by atoms with Crippen molar-refractivity contribution in [2.75, 3.05) is 54.1 Å². The second-order valence-electron chi connectivity index (χ2n) is 9.73. The van der Waals surface area contributed by atoms with Gasteiger partial charge in [0, 0.05) is 50.5 Å². The average Bonchev–Trinajstić information content (AvgIpc) is 2.94. The first-order valence-corrected chi connectivity index (χ1v) is 13.1. The number of hydrogen-bond acceptors (Lipinski definition) is 7. The number of nitrogens with one attached hydrogen (secondary N) is 1. The maximum absolute atomic E-state index is 13.7. The summed E-state index contributed by atoms with van der Waals surface area (Å²) in [6.07, 6.45) is 0. The van der Waals surface area contributed by atoms with Crippen LogP contribution in [-0.4, -0.2) is 92.7 Å². The van der Waals surface area contributed by atoms with Crippen LogP contribution in [-0.2, 0) is 9.53 Å². The molecule has 2 aromatic carbocycles. The first-order valence-electron chi connectivity index (χ1n) is 13.1. The highest BCUT2D eigenvalue weighted by Gasteiger charge is 2.39. The molecular weight excluding hydrogens is 519 g/mol. The topological polar surface area (TPSA) is 101 Å². The lowest BCUT2D eigenvalue weighted by Gasteiger charge is -2.42. The van der Waals surface area contributed by atoms with Crippen LogP contribution < -0.4 is 14.8 Å². The van der Waals surface area contributed by atoms with E-state index in [9.17, 15) is 18.8 Å². The molecule has 2 aliphatic rings. The molecule has 0 aromatic heterocycles. The zero-order valence-corrected chi connectivity index (χ0v) is 23.4. The van der Waals surface area contributed by atoms with Gasteiger partial charge in [0.1, 0.15) is 5.82 Å². The number of esters is 1. The van der Waals surface area contributed by atoms with Crippen LogP contribution in [0.2, 0.25) is 0 Å². The Kier molecular flexibility index (Phi) is 8.93. The lowest BCUT2D eigenvalue weighted by atomic mass is 9.93. The van der Waals surface area contributed by atoms with Gasteiger partial charge in [-0.25, -0.2) is 14.0 Å². The second-order valence-corrected chi connectivity index (χ2v) is 9.73. The number of carbonyl (C=O) groups excluding carboxylic acids is 3. The van der Waals surface area contributed by atoms with Gasteiger partial charge in [0.2, 0.25) is 0 Å². The van der Waals surface area contributed by atoms with E-state index < -0.39 is 17.8 Å². The minimum absolute atomic E-state index is 0.170. The van der Waals surface area contributed by atoms with Gasteiger partial charge in [0.15, 0.2) is 11.5 Å². The molecule has 3 amide bonds. The van der Waals surface area contributed by atoms with Gasteiger partial charge in [0.05, 0.1) is 32.4 Å². The highest BCUT2D eigenvalue weighted by molar-refractivity contribution is 5.95. The number of piperazine rings is 1. The third-order valence-corrected chi connectivity index (χ3v) is 7.23. The number of halogens is 1. The van der Waals surface area contributed by atoms with Crippen molar-refractivity contribution in [3.05, 3.63) is 70.7 Å². The van der Waals surface area contributed by atoms with E-state index in [1.165, 1.54) is 37.3 Å². The van der Waals surface area contributed by atoms with Gasteiger partial charge >= 0.3 is 12.0 Å². The summed E-state index contributed by atoms with van der Waals surface area (Å²) >= 11 is 0. The van der Waals surface area contributed by atoms with E-state index >= 15 is 0 Å². The largest absolute Gasteiger partial charge is 0.493 e. The van der Waals surface area contributed by atoms with E-state index in [1.54, 1.807) is 43.1 Å². The Bertz CT molecular complexity index is 1320. The number of benzene rings is 2. The van der Waals surface area contributed by atoms with Crippen molar-refractivity contribution in [1.29, 1.82) is 0 Å². The van der Waals surface area contributed by atoms with Crippen molar-refractivity contribution >= 4 is 17.9 Å². The minimum atomic E-state index is -0.772. The third-order valence-electron chi connectivity index (χ3n) is 7.23. The third kappa shape index (κ3) is 5.89. The van der Waals surface area contributed by atoms with Crippen molar-refractivity contribution in [2.24, 2.45) is 0 Å². The van der Waals surface area contributed by atoms with Crippen LogP contribution in [0, 0.1) is 5.82 Å². The van der Waals surface area contributed by atoms with Crippen molar-refractivity contribution in [2.45, 2.75) is 25.9 Å². The molecule has 1 fully saturated rings. The molecular formula is C29H35FN4O6. The predicted molar refractivity (Wildman–Crippen MR) is 146 cm³/mol. The Morgan fingerprint density at radius 3 is 2.48 bits per heavy atom. The number of urea groups is 1. The summed E-state index contributed by atoms with van der Waals surface area (Å²) in [4.78, 5) is 44.7. The highest BCUT2D eigenvalue weighted by atomic mass is 19.1. The molecule has 0 saturated carbocycles. The molecule has 1 saturated heterocycles. The van der Waals surface area contributed by atoms with Crippen molar-refractivity contribution < 1.29 is 33.0 Å². The summed E-state index contributed by atoms with van der Waals surface area (Å²) in [5.74, 6) is -0.242. The summed E-state index contributed by atoms with van der Waals surface area (Å²) in [6.45, 7) is 5.52. The number of methoxy groups -OCH3 is 2. The van der Waals surface area contributed by atoms with Gasteiger partial charge in [-0.15, -0.1) is 0 Å². The van der Waals surface area contributed by atoms with Gasteiger partial charge in [-0.2, -0.15) is 0 Å². The summed E-state index contributed by atoms with van der Waals surface area (Å²) < 4.78 is 29.9. The first kappa shape index (κ1) is 28.9. The highest BCUT2D eigenvalue weighted by Crippen LogP contribution is 2.36. The Morgan fingerprint density at radius 2 is 1.82 bits per heavy atom. The zero-order chi connectivity index (χ0) is 29.0. The smallest absolute Gasteiger partial charge is 0.338 e. The molecule has 40 heavy (non-hydrogen) atoms. The number of rotatable bonds is 8. The molecule has 1 N–H and O–H groups in total. The van der Waals surface area contributed by atoms with Gasteiger partial charge in [-0.05, 0) is 49.7 Å². The molecule has 0 unspecified atom stereocenters. The van der Waals surface area contributed by atoms with Crippen LogP contribution in [0.3, 0.4) is 0 Å². The van der Waals surface area contributed by atoms with E-state index in [-0.39, 0.29) is 31.1 Å². The van der Waals surface area contributed by atoms with Crippen molar-refractivity contribution in [3.63, 3.8) is 0 Å². The molecule has 0 bridgehead atoms. The van der Waals surface area contributed by atoms with Crippen LogP contribution in [0.25, 0.3) is 0 Å². The molecule has 0 radical (unpaired) electrons. The molecule has 2 aliphatic heterocycles. The Balaban J connectivity index is 1.63. The number of carbonyl (C=O) groups is 3. The van der Waals surface area contributed by atoms with Crippen LogP contribution in [0.5, 0.6) is 11.5 Å². The van der Waals surface area contributed by atoms with Crippen LogP contribution >= 0.6 is 0 Å². The zero-order valence-electron chi connectivity index (χ0n) is 23.4. The molecule has 214 valence electrons. The monoisotopic (exact) mass is 554 g/mol. The summed E-state index contributed by atoms with van der Waals surface area (Å²) in [5, 5.41) is 2.91. The number of hydrogen-bond donors (Lipinski definition) is 1. The SMILES string of the molecule is CCOC(=O)C1=C(CN2CCN(C(=O)c3cccc(F)c3)[C@@H](C)C2)N(C)C(=O)N[C@H]1c1ccc(OC)c(OC)c1. The molecule has 0 aliphatic carbocycles. The van der Waals surface area contributed by atoms with Crippen molar-refractivity contribution in [1.82, 2.24) is 20.0 Å². The molecule has 0 spiro atoms. The van der Waals surface area contributed by atoms with E-state index in [0.717, 1.165) is 0 Å². The minimum Gasteiger partial charge on any atom is -0.493 e. The van der Waals surface area contributed by atoms with Gasteiger partial charge in [-0.1, -0.05) is 12.1 Å². The molecule has 4 rings (SSSR count). The van der Waals surface area contributed by atoms with E-state index in [2.05, 4.69) is 10.2 Å². The Hall–Kier alpha value is -4.12. The van der Waals surface area contributed by atoms with E-state index in [0.29, 0.717) is 53.5 Å².